The minimum atomic E-state index is -0.750. The molecule has 0 aromatic rings. The molecule has 16 heavy (non-hydrogen) atoms. The van der Waals surface area contributed by atoms with E-state index in [0.717, 1.165) is 0 Å². The molecule has 0 aliphatic carbocycles. The molecule has 1 N–H and O–H groups in total. The van der Waals surface area contributed by atoms with E-state index >= 15 is 0 Å². The molecule has 0 fully saturated rings. The molecule has 7 heteroatoms. The summed E-state index contributed by atoms with van der Waals surface area (Å²) < 4.78 is 14.3. The second kappa shape index (κ2) is 7.53. The molecule has 0 rings (SSSR count). The largest absolute Gasteiger partial charge is 0.509 e. The van der Waals surface area contributed by atoms with Crippen LogP contribution in [0.5, 0.6) is 0 Å². The van der Waals surface area contributed by atoms with E-state index in [1.165, 1.54) is 0 Å². The number of hydrogen-bond acceptors (Lipinski definition) is 5. The van der Waals surface area contributed by atoms with Gasteiger partial charge in [-0.3, -0.25) is 0 Å². The highest BCUT2D eigenvalue weighted by atomic mass is 127. The SMILES string of the molecule is CC(C)(C)OC(=O)NCCOC(=O)OCI. The van der Waals surface area contributed by atoms with Crippen molar-refractivity contribution in [3.63, 3.8) is 0 Å². The quantitative estimate of drug-likeness (QED) is 0.365. The van der Waals surface area contributed by atoms with Crippen LogP contribution >= 0.6 is 22.6 Å². The summed E-state index contributed by atoms with van der Waals surface area (Å²) >= 11 is 1.88. The monoisotopic (exact) mass is 345 g/mol. The Bertz CT molecular complexity index is 239. The Kier molecular flexibility index (Phi) is 7.18. The normalized spacial score (nSPS) is 10.5. The zero-order valence-corrected chi connectivity index (χ0v) is 11.7. The number of nitrogens with one attached hydrogen (secondary N) is 1. The minimum absolute atomic E-state index is 0.0503. The summed E-state index contributed by atoms with van der Waals surface area (Å²) in [6.07, 6.45) is -1.29. The Morgan fingerprint density at radius 3 is 2.38 bits per heavy atom. The van der Waals surface area contributed by atoms with Gasteiger partial charge in [0.25, 0.3) is 0 Å². The number of amides is 1. The van der Waals surface area contributed by atoms with Crippen molar-refractivity contribution < 1.29 is 23.8 Å². The van der Waals surface area contributed by atoms with E-state index in [0.29, 0.717) is 0 Å². The topological polar surface area (TPSA) is 73.9 Å². The zero-order chi connectivity index (χ0) is 12.6. The van der Waals surface area contributed by atoms with Crippen LogP contribution in [0.2, 0.25) is 0 Å². The van der Waals surface area contributed by atoms with E-state index in [9.17, 15) is 9.59 Å². The third kappa shape index (κ3) is 9.81. The summed E-state index contributed by atoms with van der Waals surface area (Å²) in [5, 5.41) is 2.44. The van der Waals surface area contributed by atoms with Crippen LogP contribution in [0.4, 0.5) is 9.59 Å². The Morgan fingerprint density at radius 1 is 1.25 bits per heavy atom. The second-order valence-electron chi connectivity index (χ2n) is 3.78. The van der Waals surface area contributed by atoms with Gasteiger partial charge in [0.15, 0.2) is 0 Å². The lowest BCUT2D eigenvalue weighted by Gasteiger charge is -2.19. The Morgan fingerprint density at radius 2 is 1.88 bits per heavy atom. The van der Waals surface area contributed by atoms with Gasteiger partial charge in [0.05, 0.1) is 6.54 Å². The molecule has 0 aliphatic rings. The predicted molar refractivity (Wildman–Crippen MR) is 65.6 cm³/mol. The van der Waals surface area contributed by atoms with Gasteiger partial charge in [-0.05, 0) is 43.4 Å². The summed E-state index contributed by atoms with van der Waals surface area (Å²) in [5.74, 6) is 0. The fraction of sp³-hybridized carbons (Fsp3) is 0.778. The number of ether oxygens (including phenoxy) is 3. The number of halogens is 1. The van der Waals surface area contributed by atoms with Gasteiger partial charge < -0.3 is 19.5 Å². The van der Waals surface area contributed by atoms with Crippen molar-refractivity contribution in [3.05, 3.63) is 0 Å². The van der Waals surface area contributed by atoms with Crippen LogP contribution in [0.15, 0.2) is 0 Å². The van der Waals surface area contributed by atoms with Crippen molar-refractivity contribution in [2.45, 2.75) is 26.4 Å². The number of rotatable bonds is 4. The lowest BCUT2D eigenvalue weighted by Crippen LogP contribution is -2.34. The van der Waals surface area contributed by atoms with Crippen LogP contribution in [0, 0.1) is 0 Å². The maximum absolute atomic E-state index is 11.1. The number of alkyl carbamates (subject to hydrolysis) is 1. The highest BCUT2D eigenvalue weighted by Gasteiger charge is 2.15. The highest BCUT2D eigenvalue weighted by Crippen LogP contribution is 2.05. The molecule has 0 atom stereocenters. The van der Waals surface area contributed by atoms with Gasteiger partial charge in [-0.25, -0.2) is 9.59 Å². The highest BCUT2D eigenvalue weighted by molar-refractivity contribution is 14.1. The number of alkyl halides is 1. The third-order valence-corrected chi connectivity index (χ3v) is 1.47. The molecule has 0 bridgehead atoms. The average molecular weight is 345 g/mol. The van der Waals surface area contributed by atoms with E-state index in [4.69, 9.17) is 4.74 Å². The minimum Gasteiger partial charge on any atom is -0.444 e. The summed E-state index contributed by atoms with van der Waals surface area (Å²) in [7, 11) is 0. The van der Waals surface area contributed by atoms with E-state index in [2.05, 4.69) is 14.8 Å². The maximum atomic E-state index is 11.1. The molecule has 6 nitrogen and oxygen atoms in total. The first-order chi connectivity index (χ1) is 7.35. The van der Waals surface area contributed by atoms with Gasteiger partial charge in [0.1, 0.15) is 16.8 Å². The van der Waals surface area contributed by atoms with Crippen LogP contribution < -0.4 is 5.32 Å². The van der Waals surface area contributed by atoms with Crippen LogP contribution in [0.25, 0.3) is 0 Å². The summed E-state index contributed by atoms with van der Waals surface area (Å²) in [4.78, 5) is 21.8. The zero-order valence-electron chi connectivity index (χ0n) is 9.54. The first-order valence-electron chi connectivity index (χ1n) is 4.67. The standard InChI is InChI=1S/C9H16INO5/c1-9(2,3)16-7(12)11-4-5-14-8(13)15-6-10/h4-6H2,1-3H3,(H,11,12). The van der Waals surface area contributed by atoms with E-state index in [1.54, 1.807) is 20.8 Å². The van der Waals surface area contributed by atoms with Crippen molar-refractivity contribution >= 4 is 34.8 Å². The molecule has 94 valence electrons. The van der Waals surface area contributed by atoms with Crippen LogP contribution in [-0.4, -0.2) is 35.6 Å². The van der Waals surface area contributed by atoms with Gasteiger partial charge in [-0.1, -0.05) is 0 Å². The molecule has 1 amide bonds. The molecule has 0 saturated heterocycles. The Labute approximate surface area is 108 Å². The van der Waals surface area contributed by atoms with E-state index in [1.807, 2.05) is 22.6 Å². The van der Waals surface area contributed by atoms with Crippen LogP contribution in [0.1, 0.15) is 20.8 Å². The molecule has 0 aliphatic heterocycles. The van der Waals surface area contributed by atoms with Crippen molar-refractivity contribution in [1.82, 2.24) is 5.32 Å². The second-order valence-corrected chi connectivity index (χ2v) is 4.40. The molecule has 0 aromatic heterocycles. The molecular formula is C9H16INO5. The van der Waals surface area contributed by atoms with Gasteiger partial charge in [-0.15, -0.1) is 0 Å². The van der Waals surface area contributed by atoms with Crippen molar-refractivity contribution in [2.24, 2.45) is 0 Å². The first-order valence-corrected chi connectivity index (χ1v) is 6.20. The first kappa shape index (κ1) is 15.3. The maximum Gasteiger partial charge on any atom is 0.509 e. The molecule has 0 unspecified atom stereocenters. The number of hydrogen-bond donors (Lipinski definition) is 1. The fourth-order valence-electron chi connectivity index (χ4n) is 0.688. The molecule has 0 saturated carbocycles. The molecule has 0 radical (unpaired) electrons. The lowest BCUT2D eigenvalue weighted by atomic mass is 10.2. The van der Waals surface area contributed by atoms with Gasteiger partial charge >= 0.3 is 12.2 Å². The fourth-order valence-corrected chi connectivity index (χ4v) is 0.942. The molecular weight excluding hydrogens is 329 g/mol. The lowest BCUT2D eigenvalue weighted by molar-refractivity contribution is 0.0475. The van der Waals surface area contributed by atoms with E-state index in [-0.39, 0.29) is 17.8 Å². The summed E-state index contributed by atoms with van der Waals surface area (Å²) in [5.41, 5.74) is -0.537. The van der Waals surface area contributed by atoms with Gasteiger partial charge in [0, 0.05) is 0 Å². The van der Waals surface area contributed by atoms with Crippen LogP contribution in [0.3, 0.4) is 0 Å². The predicted octanol–water partition coefficient (Wildman–Crippen LogP) is 2.06. The average Bonchev–Trinajstić information content (AvgIpc) is 2.10. The molecule has 0 spiro atoms. The van der Waals surface area contributed by atoms with Crippen molar-refractivity contribution in [3.8, 4) is 0 Å². The summed E-state index contributed by atoms with van der Waals surface area (Å²) in [6.45, 7) is 5.53. The number of carbonyl (C=O) groups excluding carboxylic acids is 2. The van der Waals surface area contributed by atoms with Gasteiger partial charge in [-0.2, -0.15) is 0 Å². The van der Waals surface area contributed by atoms with Gasteiger partial charge in [0.2, 0.25) is 0 Å². The summed E-state index contributed by atoms with van der Waals surface area (Å²) in [6, 6.07) is 0. The molecule has 0 heterocycles. The Balaban J connectivity index is 3.52. The molecule has 0 aromatic carbocycles. The number of carbonyl (C=O) groups is 2. The van der Waals surface area contributed by atoms with Crippen molar-refractivity contribution in [2.75, 3.05) is 17.8 Å². The Hall–Kier alpha value is -0.730. The van der Waals surface area contributed by atoms with Crippen molar-refractivity contribution in [1.29, 1.82) is 0 Å². The third-order valence-electron chi connectivity index (χ3n) is 1.16. The smallest absolute Gasteiger partial charge is 0.444 e. The van der Waals surface area contributed by atoms with E-state index < -0.39 is 17.8 Å². The van der Waals surface area contributed by atoms with Crippen LogP contribution in [-0.2, 0) is 14.2 Å².